The van der Waals surface area contributed by atoms with Gasteiger partial charge in [0.2, 0.25) is 5.91 Å². The highest BCUT2D eigenvalue weighted by molar-refractivity contribution is 6.31. The van der Waals surface area contributed by atoms with Gasteiger partial charge in [-0.25, -0.2) is 4.79 Å². The predicted octanol–water partition coefficient (Wildman–Crippen LogP) is 3.51. The highest BCUT2D eigenvalue weighted by atomic mass is 35.5. The summed E-state index contributed by atoms with van der Waals surface area (Å²) >= 11 is 6.13. The van der Waals surface area contributed by atoms with Gasteiger partial charge in [-0.3, -0.25) is 4.79 Å². The van der Waals surface area contributed by atoms with Crippen LogP contribution in [0.2, 0.25) is 5.02 Å². The van der Waals surface area contributed by atoms with E-state index in [-0.39, 0.29) is 11.9 Å². The van der Waals surface area contributed by atoms with Gasteiger partial charge in [-0.15, -0.1) is 0 Å². The first-order valence-electron chi connectivity index (χ1n) is 7.65. The summed E-state index contributed by atoms with van der Waals surface area (Å²) in [6, 6.07) is 16.3. The van der Waals surface area contributed by atoms with E-state index in [1.807, 2.05) is 36.4 Å². The Labute approximate surface area is 146 Å². The lowest BCUT2D eigenvalue weighted by atomic mass is 10.2. The van der Waals surface area contributed by atoms with E-state index in [0.29, 0.717) is 24.7 Å². The molecule has 0 aliphatic rings. The lowest BCUT2D eigenvalue weighted by molar-refractivity contribution is -0.129. The number of carbonyl (C=O) groups is 2. The lowest BCUT2D eigenvalue weighted by Crippen LogP contribution is -2.38. The molecule has 0 saturated carbocycles. The van der Waals surface area contributed by atoms with Gasteiger partial charge in [-0.2, -0.15) is 0 Å². The summed E-state index contributed by atoms with van der Waals surface area (Å²) in [7, 11) is 0. The summed E-state index contributed by atoms with van der Waals surface area (Å²) in [6.45, 7) is 2.67. The number of nitrogens with one attached hydrogen (secondary N) is 2. The number of hydrogen-bond acceptors (Lipinski definition) is 2. The van der Waals surface area contributed by atoms with Crippen molar-refractivity contribution in [2.45, 2.75) is 13.5 Å². The van der Waals surface area contributed by atoms with Crippen LogP contribution in [0.1, 0.15) is 12.5 Å². The topological polar surface area (TPSA) is 61.4 Å². The zero-order valence-electron chi connectivity index (χ0n) is 13.5. The van der Waals surface area contributed by atoms with Crippen LogP contribution in [-0.4, -0.2) is 29.9 Å². The maximum absolute atomic E-state index is 11.8. The van der Waals surface area contributed by atoms with E-state index >= 15 is 0 Å². The van der Waals surface area contributed by atoms with Crippen molar-refractivity contribution in [2.24, 2.45) is 0 Å². The number of hydrogen-bond donors (Lipinski definition) is 2. The Morgan fingerprint density at radius 3 is 2.38 bits per heavy atom. The van der Waals surface area contributed by atoms with Crippen molar-refractivity contribution in [3.05, 3.63) is 65.2 Å². The van der Waals surface area contributed by atoms with E-state index in [0.717, 1.165) is 11.3 Å². The highest BCUT2D eigenvalue weighted by Gasteiger charge is 2.11. The fourth-order valence-electron chi connectivity index (χ4n) is 2.18. The molecule has 0 aromatic heterocycles. The molecule has 2 aromatic carbocycles. The van der Waals surface area contributed by atoms with Crippen LogP contribution < -0.4 is 10.6 Å². The van der Waals surface area contributed by atoms with Crippen LogP contribution in [0.4, 0.5) is 10.5 Å². The number of halogens is 1. The van der Waals surface area contributed by atoms with Gasteiger partial charge in [0.1, 0.15) is 0 Å². The summed E-state index contributed by atoms with van der Waals surface area (Å²) in [6.07, 6.45) is 0. The van der Waals surface area contributed by atoms with E-state index in [1.165, 1.54) is 6.92 Å². The molecule has 126 valence electrons. The Hall–Kier alpha value is -2.53. The Kier molecular flexibility index (Phi) is 6.63. The third-order valence-electron chi connectivity index (χ3n) is 3.46. The van der Waals surface area contributed by atoms with Crippen LogP contribution in [0.15, 0.2) is 54.6 Å². The molecule has 0 atom stereocenters. The summed E-state index contributed by atoms with van der Waals surface area (Å²) in [5.74, 6) is -0.0693. The number of nitrogens with zero attached hydrogens (tertiary/aromatic N) is 1. The maximum Gasteiger partial charge on any atom is 0.319 e. The second kappa shape index (κ2) is 8.93. The SMILES string of the molecule is CC(=O)N(CCNC(=O)Nc1ccccc1)Cc1ccccc1Cl. The molecule has 2 aromatic rings. The number of rotatable bonds is 6. The van der Waals surface area contributed by atoms with Gasteiger partial charge in [0.05, 0.1) is 0 Å². The van der Waals surface area contributed by atoms with Crippen molar-refractivity contribution in [1.82, 2.24) is 10.2 Å². The second-order valence-electron chi connectivity index (χ2n) is 5.28. The monoisotopic (exact) mass is 345 g/mol. The molecule has 0 unspecified atom stereocenters. The largest absolute Gasteiger partial charge is 0.337 e. The predicted molar refractivity (Wildman–Crippen MR) is 96.0 cm³/mol. The van der Waals surface area contributed by atoms with Gasteiger partial charge in [0, 0.05) is 37.3 Å². The standard InChI is InChI=1S/C18H20ClN3O2/c1-14(23)22(13-15-7-5-6-10-17(15)19)12-11-20-18(24)21-16-8-3-2-4-9-16/h2-10H,11-13H2,1H3,(H2,20,21,24). The molecule has 24 heavy (non-hydrogen) atoms. The summed E-state index contributed by atoms with van der Waals surface area (Å²) in [5.41, 5.74) is 1.59. The second-order valence-corrected chi connectivity index (χ2v) is 5.69. The smallest absolute Gasteiger partial charge is 0.319 e. The molecule has 2 rings (SSSR count). The Bertz CT molecular complexity index is 692. The average Bonchev–Trinajstić information content (AvgIpc) is 2.56. The quantitative estimate of drug-likeness (QED) is 0.841. The zero-order chi connectivity index (χ0) is 17.4. The molecule has 0 bridgehead atoms. The molecule has 0 heterocycles. The van der Waals surface area contributed by atoms with Gasteiger partial charge in [-0.05, 0) is 23.8 Å². The lowest BCUT2D eigenvalue weighted by Gasteiger charge is -2.22. The number of urea groups is 1. The molecule has 0 aliphatic carbocycles. The molecular formula is C18H20ClN3O2. The third-order valence-corrected chi connectivity index (χ3v) is 3.83. The summed E-state index contributed by atoms with van der Waals surface area (Å²) in [4.78, 5) is 25.3. The molecule has 0 saturated heterocycles. The molecule has 0 spiro atoms. The minimum Gasteiger partial charge on any atom is -0.337 e. The third kappa shape index (κ3) is 5.59. The number of anilines is 1. The molecule has 0 fully saturated rings. The van der Waals surface area contributed by atoms with Crippen LogP contribution in [0.3, 0.4) is 0 Å². The highest BCUT2D eigenvalue weighted by Crippen LogP contribution is 2.16. The van der Waals surface area contributed by atoms with Crippen molar-refractivity contribution in [2.75, 3.05) is 18.4 Å². The molecular weight excluding hydrogens is 326 g/mol. The minimum atomic E-state index is -0.303. The molecule has 6 heteroatoms. The number of para-hydroxylation sites is 1. The first kappa shape index (κ1) is 17.8. The first-order chi connectivity index (χ1) is 11.6. The van der Waals surface area contributed by atoms with Crippen LogP contribution in [-0.2, 0) is 11.3 Å². The van der Waals surface area contributed by atoms with Gasteiger partial charge >= 0.3 is 6.03 Å². The van der Waals surface area contributed by atoms with Crippen molar-refractivity contribution in [1.29, 1.82) is 0 Å². The zero-order valence-corrected chi connectivity index (χ0v) is 14.2. The Balaban J connectivity index is 1.82. The van der Waals surface area contributed by atoms with Crippen LogP contribution in [0.25, 0.3) is 0 Å². The van der Waals surface area contributed by atoms with E-state index in [1.54, 1.807) is 23.1 Å². The Morgan fingerprint density at radius 1 is 1.04 bits per heavy atom. The van der Waals surface area contributed by atoms with Crippen molar-refractivity contribution >= 4 is 29.2 Å². The van der Waals surface area contributed by atoms with Crippen LogP contribution in [0, 0.1) is 0 Å². The van der Waals surface area contributed by atoms with Gasteiger partial charge < -0.3 is 15.5 Å². The number of amides is 3. The number of benzene rings is 2. The fourth-order valence-corrected chi connectivity index (χ4v) is 2.38. The van der Waals surface area contributed by atoms with Gasteiger partial charge in [0.15, 0.2) is 0 Å². The normalized spacial score (nSPS) is 10.1. The van der Waals surface area contributed by atoms with E-state index in [9.17, 15) is 9.59 Å². The molecule has 2 N–H and O–H groups in total. The van der Waals surface area contributed by atoms with Gasteiger partial charge in [0.25, 0.3) is 0 Å². The van der Waals surface area contributed by atoms with Crippen LogP contribution in [0.5, 0.6) is 0 Å². The molecule has 0 aliphatic heterocycles. The maximum atomic E-state index is 11.8. The minimum absolute atomic E-state index is 0.0693. The molecule has 5 nitrogen and oxygen atoms in total. The average molecular weight is 346 g/mol. The van der Waals surface area contributed by atoms with Crippen molar-refractivity contribution in [3.63, 3.8) is 0 Å². The summed E-state index contributed by atoms with van der Waals surface area (Å²) in [5, 5.41) is 6.09. The van der Waals surface area contributed by atoms with E-state index < -0.39 is 0 Å². The van der Waals surface area contributed by atoms with Crippen LogP contribution >= 0.6 is 11.6 Å². The Morgan fingerprint density at radius 2 is 1.71 bits per heavy atom. The van der Waals surface area contributed by atoms with E-state index in [4.69, 9.17) is 11.6 Å². The molecule has 0 radical (unpaired) electrons. The first-order valence-corrected chi connectivity index (χ1v) is 8.03. The van der Waals surface area contributed by atoms with Crippen molar-refractivity contribution < 1.29 is 9.59 Å². The number of carbonyl (C=O) groups excluding carboxylic acids is 2. The van der Waals surface area contributed by atoms with E-state index in [2.05, 4.69) is 10.6 Å². The fraction of sp³-hybridized carbons (Fsp3) is 0.222. The summed E-state index contributed by atoms with van der Waals surface area (Å²) < 4.78 is 0. The molecule has 3 amide bonds. The van der Waals surface area contributed by atoms with Gasteiger partial charge in [-0.1, -0.05) is 48.0 Å². The van der Waals surface area contributed by atoms with Crippen molar-refractivity contribution in [3.8, 4) is 0 Å².